The van der Waals surface area contributed by atoms with Crippen molar-refractivity contribution in [3.05, 3.63) is 60.4 Å². The molecular weight excluding hydrogens is 356 g/mol. The van der Waals surface area contributed by atoms with Crippen LogP contribution in [0.5, 0.6) is 0 Å². The predicted octanol–water partition coefficient (Wildman–Crippen LogP) is 1.82. The number of hydrogen-bond acceptors (Lipinski definition) is 6. The van der Waals surface area contributed by atoms with Gasteiger partial charge in [-0.3, -0.25) is 9.59 Å². The fourth-order valence-electron chi connectivity index (χ4n) is 2.98. The summed E-state index contributed by atoms with van der Waals surface area (Å²) in [6.07, 6.45) is 4.95. The lowest BCUT2D eigenvalue weighted by molar-refractivity contribution is -0.113. The standard InChI is InChI=1S/C20H20N6O2/c1-3-18(27)25(2)17-6-4-15(5-7-17)19(28)26-9-8-16(13-26)24-20-22-11-14(10-21)12-23-20/h3-7,11-12,16H,1,8-9,13H2,2H3,(H,22,23,24)/t16-/m1/s1. The lowest BCUT2D eigenvalue weighted by atomic mass is 10.1. The number of carbonyl (C=O) groups is 2. The number of likely N-dealkylation sites (N-methyl/N-ethyl adjacent to an activating group) is 1. The molecule has 1 aromatic heterocycles. The van der Waals surface area contributed by atoms with Crippen molar-refractivity contribution in [1.82, 2.24) is 14.9 Å². The van der Waals surface area contributed by atoms with E-state index in [4.69, 9.17) is 5.26 Å². The molecule has 0 saturated carbocycles. The molecule has 1 saturated heterocycles. The van der Waals surface area contributed by atoms with E-state index in [1.165, 1.54) is 23.4 Å². The molecule has 0 unspecified atom stereocenters. The summed E-state index contributed by atoms with van der Waals surface area (Å²) < 4.78 is 0. The molecule has 1 atom stereocenters. The third kappa shape index (κ3) is 4.15. The Bertz CT molecular complexity index is 917. The van der Waals surface area contributed by atoms with E-state index >= 15 is 0 Å². The van der Waals surface area contributed by atoms with Gasteiger partial charge in [0.15, 0.2) is 0 Å². The highest BCUT2D eigenvalue weighted by molar-refractivity contribution is 6.01. The van der Waals surface area contributed by atoms with Gasteiger partial charge >= 0.3 is 0 Å². The zero-order valence-electron chi connectivity index (χ0n) is 15.5. The maximum atomic E-state index is 12.7. The maximum absolute atomic E-state index is 12.7. The fraction of sp³-hybridized carbons (Fsp3) is 0.250. The molecule has 3 rings (SSSR count). The molecule has 2 aromatic rings. The van der Waals surface area contributed by atoms with Crippen molar-refractivity contribution in [2.24, 2.45) is 0 Å². The molecule has 1 aliphatic rings. The predicted molar refractivity (Wildman–Crippen MR) is 105 cm³/mol. The summed E-state index contributed by atoms with van der Waals surface area (Å²) in [7, 11) is 1.66. The first-order chi connectivity index (χ1) is 13.5. The molecule has 0 radical (unpaired) electrons. The van der Waals surface area contributed by atoms with E-state index in [1.54, 1.807) is 36.2 Å². The molecular formula is C20H20N6O2. The normalized spacial score (nSPS) is 15.6. The van der Waals surface area contributed by atoms with Gasteiger partial charge in [-0.1, -0.05) is 6.58 Å². The van der Waals surface area contributed by atoms with E-state index in [2.05, 4.69) is 21.9 Å². The van der Waals surface area contributed by atoms with Crippen LogP contribution in [0.25, 0.3) is 0 Å². The van der Waals surface area contributed by atoms with Crippen LogP contribution in [0, 0.1) is 11.3 Å². The Morgan fingerprint density at radius 3 is 2.61 bits per heavy atom. The molecule has 2 amide bonds. The van der Waals surface area contributed by atoms with Crippen molar-refractivity contribution in [2.45, 2.75) is 12.5 Å². The molecule has 1 fully saturated rings. The van der Waals surface area contributed by atoms with Crippen LogP contribution in [0.2, 0.25) is 0 Å². The second-order valence-corrected chi connectivity index (χ2v) is 6.44. The number of anilines is 2. The third-order valence-corrected chi connectivity index (χ3v) is 4.60. The Morgan fingerprint density at radius 2 is 2.00 bits per heavy atom. The van der Waals surface area contributed by atoms with Crippen molar-refractivity contribution in [1.29, 1.82) is 5.26 Å². The van der Waals surface area contributed by atoms with Crippen molar-refractivity contribution in [3.8, 4) is 6.07 Å². The van der Waals surface area contributed by atoms with Crippen LogP contribution in [0.4, 0.5) is 11.6 Å². The molecule has 28 heavy (non-hydrogen) atoms. The minimum Gasteiger partial charge on any atom is -0.350 e. The van der Waals surface area contributed by atoms with E-state index in [0.29, 0.717) is 35.9 Å². The lowest BCUT2D eigenvalue weighted by Gasteiger charge is -2.19. The van der Waals surface area contributed by atoms with Crippen LogP contribution in [0.1, 0.15) is 22.3 Å². The first-order valence-corrected chi connectivity index (χ1v) is 8.80. The first-order valence-electron chi connectivity index (χ1n) is 8.80. The average Bonchev–Trinajstić information content (AvgIpc) is 3.21. The summed E-state index contributed by atoms with van der Waals surface area (Å²) >= 11 is 0. The Morgan fingerprint density at radius 1 is 1.32 bits per heavy atom. The Labute approximate surface area is 163 Å². The highest BCUT2D eigenvalue weighted by Crippen LogP contribution is 2.19. The van der Waals surface area contributed by atoms with Crippen LogP contribution in [0.3, 0.4) is 0 Å². The summed E-state index contributed by atoms with van der Waals surface area (Å²) in [6, 6.07) is 8.94. The topological polar surface area (TPSA) is 102 Å². The van der Waals surface area contributed by atoms with E-state index in [-0.39, 0.29) is 17.9 Å². The molecule has 8 heteroatoms. The highest BCUT2D eigenvalue weighted by atomic mass is 16.2. The molecule has 0 spiro atoms. The number of benzene rings is 1. The minimum atomic E-state index is -0.211. The second kappa shape index (κ2) is 8.31. The fourth-order valence-corrected chi connectivity index (χ4v) is 2.98. The molecule has 0 bridgehead atoms. The zero-order valence-corrected chi connectivity index (χ0v) is 15.5. The quantitative estimate of drug-likeness (QED) is 0.799. The van der Waals surface area contributed by atoms with Crippen LogP contribution in [0.15, 0.2) is 49.3 Å². The van der Waals surface area contributed by atoms with Gasteiger partial charge in [0, 0.05) is 37.4 Å². The summed E-state index contributed by atoms with van der Waals surface area (Å²) in [5.74, 6) is 0.171. The zero-order chi connectivity index (χ0) is 20.1. The molecule has 0 aliphatic carbocycles. The number of aromatic nitrogens is 2. The van der Waals surface area contributed by atoms with Crippen molar-refractivity contribution in [2.75, 3.05) is 30.4 Å². The van der Waals surface area contributed by atoms with Crippen LogP contribution < -0.4 is 10.2 Å². The number of rotatable bonds is 5. The van der Waals surface area contributed by atoms with Gasteiger partial charge < -0.3 is 15.1 Å². The summed E-state index contributed by atoms with van der Waals surface area (Å²) in [6.45, 7) is 4.64. The Kier molecular flexibility index (Phi) is 5.65. The molecule has 2 heterocycles. The van der Waals surface area contributed by atoms with Gasteiger partial charge in [0.1, 0.15) is 6.07 Å². The highest BCUT2D eigenvalue weighted by Gasteiger charge is 2.27. The smallest absolute Gasteiger partial charge is 0.253 e. The summed E-state index contributed by atoms with van der Waals surface area (Å²) in [5.41, 5.74) is 1.66. The van der Waals surface area contributed by atoms with Crippen LogP contribution >= 0.6 is 0 Å². The molecule has 142 valence electrons. The lowest BCUT2D eigenvalue weighted by Crippen LogP contribution is -2.32. The number of likely N-dealkylation sites (tertiary alicyclic amines) is 1. The van der Waals surface area contributed by atoms with Crippen molar-refractivity contribution < 1.29 is 9.59 Å². The minimum absolute atomic E-state index is 0.0486. The van der Waals surface area contributed by atoms with E-state index < -0.39 is 0 Å². The van der Waals surface area contributed by atoms with Crippen molar-refractivity contribution in [3.63, 3.8) is 0 Å². The Balaban J connectivity index is 1.60. The maximum Gasteiger partial charge on any atom is 0.253 e. The first kappa shape index (κ1) is 19.0. The summed E-state index contributed by atoms with van der Waals surface area (Å²) in [4.78, 5) is 35.8. The molecule has 1 aromatic carbocycles. The number of nitrogens with zero attached hydrogens (tertiary/aromatic N) is 5. The third-order valence-electron chi connectivity index (χ3n) is 4.60. The molecule has 1 aliphatic heterocycles. The van der Waals surface area contributed by atoms with Crippen molar-refractivity contribution >= 4 is 23.5 Å². The van der Waals surface area contributed by atoms with E-state index in [1.807, 2.05) is 6.07 Å². The number of carbonyl (C=O) groups excluding carboxylic acids is 2. The van der Waals surface area contributed by atoms with E-state index in [9.17, 15) is 9.59 Å². The monoisotopic (exact) mass is 376 g/mol. The number of nitrogens with one attached hydrogen (secondary N) is 1. The molecule has 8 nitrogen and oxygen atoms in total. The van der Waals surface area contributed by atoms with Gasteiger partial charge in [0.25, 0.3) is 5.91 Å². The molecule has 1 N–H and O–H groups in total. The van der Waals surface area contributed by atoms with Gasteiger partial charge in [-0.15, -0.1) is 0 Å². The van der Waals surface area contributed by atoms with Gasteiger partial charge in [-0.25, -0.2) is 9.97 Å². The van der Waals surface area contributed by atoms with Crippen LogP contribution in [-0.2, 0) is 4.79 Å². The van der Waals surface area contributed by atoms with Crippen LogP contribution in [-0.4, -0.2) is 52.9 Å². The van der Waals surface area contributed by atoms with Gasteiger partial charge in [0.2, 0.25) is 11.9 Å². The largest absolute Gasteiger partial charge is 0.350 e. The Hall–Kier alpha value is -3.73. The number of amides is 2. The van der Waals surface area contributed by atoms with E-state index in [0.717, 1.165) is 6.42 Å². The average molecular weight is 376 g/mol. The number of hydrogen-bond donors (Lipinski definition) is 1. The SMILES string of the molecule is C=CC(=O)N(C)c1ccc(C(=O)N2CC[C@@H](Nc3ncc(C#N)cn3)C2)cc1. The van der Waals surface area contributed by atoms with Gasteiger partial charge in [0.05, 0.1) is 18.0 Å². The second-order valence-electron chi connectivity index (χ2n) is 6.44. The van der Waals surface area contributed by atoms with Gasteiger partial charge in [-0.05, 0) is 36.8 Å². The van der Waals surface area contributed by atoms with Gasteiger partial charge in [-0.2, -0.15) is 5.26 Å². The summed E-state index contributed by atoms with van der Waals surface area (Å²) in [5, 5.41) is 12.0. The number of nitriles is 1.